The second-order valence-corrected chi connectivity index (χ2v) is 3.72. The molecule has 2 atom stereocenters. The van der Waals surface area contributed by atoms with Gasteiger partial charge < -0.3 is 9.84 Å². The number of hydrogen-bond acceptors (Lipinski definition) is 3. The molecule has 14 heavy (non-hydrogen) atoms. The first-order valence-electron chi connectivity index (χ1n) is 4.66. The van der Waals surface area contributed by atoms with Crippen LogP contribution in [0.4, 0.5) is 0 Å². The van der Waals surface area contributed by atoms with Crippen molar-refractivity contribution in [3.8, 4) is 0 Å². The lowest BCUT2D eigenvalue weighted by molar-refractivity contribution is -0.0777. The van der Waals surface area contributed by atoms with Crippen LogP contribution in [0.15, 0.2) is 18.5 Å². The Bertz CT molecular complexity index is 310. The number of aromatic nitrogens is 1. The highest BCUT2D eigenvalue weighted by molar-refractivity contribution is 5.28. The van der Waals surface area contributed by atoms with Crippen molar-refractivity contribution in [2.45, 2.75) is 32.5 Å². The molecule has 3 nitrogen and oxygen atoms in total. The third-order valence-electron chi connectivity index (χ3n) is 2.73. The largest absolute Gasteiger partial charge is 0.383 e. The fourth-order valence-electron chi connectivity index (χ4n) is 1.44. The highest BCUT2D eigenvalue weighted by atomic mass is 16.5. The molecule has 78 valence electrons. The maximum Gasteiger partial charge on any atom is 0.114 e. The summed E-state index contributed by atoms with van der Waals surface area (Å²) in [5.41, 5.74) is 0.843. The summed E-state index contributed by atoms with van der Waals surface area (Å²) in [6, 6.07) is 1.88. The van der Waals surface area contributed by atoms with Crippen LogP contribution in [-0.2, 0) is 10.3 Å². The lowest BCUT2D eigenvalue weighted by Crippen LogP contribution is -2.36. The van der Waals surface area contributed by atoms with Crippen LogP contribution in [0.2, 0.25) is 0 Å². The van der Waals surface area contributed by atoms with E-state index in [0.717, 1.165) is 11.1 Å². The third-order valence-corrected chi connectivity index (χ3v) is 2.73. The van der Waals surface area contributed by atoms with Crippen LogP contribution in [0.5, 0.6) is 0 Å². The van der Waals surface area contributed by atoms with Crippen molar-refractivity contribution in [2.75, 3.05) is 7.11 Å². The van der Waals surface area contributed by atoms with Gasteiger partial charge in [0.05, 0.1) is 6.10 Å². The number of methoxy groups -OCH3 is 1. The van der Waals surface area contributed by atoms with Crippen LogP contribution >= 0.6 is 0 Å². The van der Waals surface area contributed by atoms with Crippen molar-refractivity contribution in [2.24, 2.45) is 0 Å². The molecular weight excluding hydrogens is 178 g/mol. The van der Waals surface area contributed by atoms with E-state index < -0.39 is 5.60 Å². The molecule has 0 bridgehead atoms. The van der Waals surface area contributed by atoms with Crippen LogP contribution < -0.4 is 0 Å². The van der Waals surface area contributed by atoms with Crippen LogP contribution in [0.3, 0.4) is 0 Å². The minimum atomic E-state index is -0.993. The van der Waals surface area contributed by atoms with Crippen LogP contribution in [0, 0.1) is 6.92 Å². The van der Waals surface area contributed by atoms with Crippen LogP contribution in [0.1, 0.15) is 25.0 Å². The van der Waals surface area contributed by atoms with Crippen molar-refractivity contribution in [3.63, 3.8) is 0 Å². The second-order valence-electron chi connectivity index (χ2n) is 3.72. The number of hydrogen-bond donors (Lipinski definition) is 1. The van der Waals surface area contributed by atoms with Crippen molar-refractivity contribution < 1.29 is 9.84 Å². The molecule has 1 aromatic rings. The summed E-state index contributed by atoms with van der Waals surface area (Å²) in [7, 11) is 1.59. The Morgan fingerprint density at radius 1 is 1.57 bits per heavy atom. The van der Waals surface area contributed by atoms with E-state index >= 15 is 0 Å². The van der Waals surface area contributed by atoms with Gasteiger partial charge >= 0.3 is 0 Å². The van der Waals surface area contributed by atoms with Gasteiger partial charge in [0.15, 0.2) is 0 Å². The maximum absolute atomic E-state index is 10.3. The molecule has 0 saturated carbocycles. The van der Waals surface area contributed by atoms with Crippen molar-refractivity contribution in [1.82, 2.24) is 4.98 Å². The molecule has 3 heteroatoms. The predicted molar refractivity (Wildman–Crippen MR) is 55.0 cm³/mol. The molecule has 0 aliphatic rings. The summed E-state index contributed by atoms with van der Waals surface area (Å²) < 4.78 is 5.15. The van der Waals surface area contributed by atoms with E-state index in [2.05, 4.69) is 4.98 Å². The van der Waals surface area contributed by atoms with E-state index in [0.29, 0.717) is 0 Å². The molecule has 0 amide bonds. The quantitative estimate of drug-likeness (QED) is 0.797. The number of nitrogens with zero attached hydrogens (tertiary/aromatic N) is 1. The zero-order valence-corrected chi connectivity index (χ0v) is 9.11. The molecule has 0 fully saturated rings. The summed E-state index contributed by atoms with van der Waals surface area (Å²) in [5.74, 6) is 0. The maximum atomic E-state index is 10.3. The lowest BCUT2D eigenvalue weighted by atomic mass is 9.89. The Kier molecular flexibility index (Phi) is 3.24. The van der Waals surface area contributed by atoms with Gasteiger partial charge in [-0.25, -0.2) is 0 Å². The summed E-state index contributed by atoms with van der Waals surface area (Å²) >= 11 is 0. The van der Waals surface area contributed by atoms with E-state index in [-0.39, 0.29) is 6.10 Å². The van der Waals surface area contributed by atoms with E-state index in [1.165, 1.54) is 0 Å². The van der Waals surface area contributed by atoms with E-state index in [9.17, 15) is 5.11 Å². The number of aliphatic hydroxyl groups is 1. The summed E-state index contributed by atoms with van der Waals surface area (Å²) in [5, 5.41) is 10.3. The zero-order valence-electron chi connectivity index (χ0n) is 9.11. The van der Waals surface area contributed by atoms with Gasteiger partial charge in [-0.1, -0.05) is 0 Å². The van der Waals surface area contributed by atoms with Gasteiger partial charge in [0.1, 0.15) is 5.60 Å². The first kappa shape index (κ1) is 11.1. The monoisotopic (exact) mass is 195 g/mol. The first-order chi connectivity index (χ1) is 6.50. The summed E-state index contributed by atoms with van der Waals surface area (Å²) in [6.07, 6.45) is 3.14. The molecule has 0 spiro atoms. The SMILES string of the molecule is COC(C)C(C)(O)c1cnccc1C. The van der Waals surface area contributed by atoms with Gasteiger partial charge in [0, 0.05) is 25.1 Å². The van der Waals surface area contributed by atoms with Crippen molar-refractivity contribution >= 4 is 0 Å². The minimum absolute atomic E-state index is 0.259. The molecule has 0 aliphatic carbocycles. The molecular formula is C11H17NO2. The van der Waals surface area contributed by atoms with Gasteiger partial charge in [-0.3, -0.25) is 4.98 Å². The summed E-state index contributed by atoms with van der Waals surface area (Å²) in [4.78, 5) is 4.01. The fraction of sp³-hybridized carbons (Fsp3) is 0.545. The number of aryl methyl sites for hydroxylation is 1. The van der Waals surface area contributed by atoms with Gasteiger partial charge in [0.2, 0.25) is 0 Å². The molecule has 0 saturated heterocycles. The normalized spacial score (nSPS) is 17.5. The van der Waals surface area contributed by atoms with Gasteiger partial charge in [-0.2, -0.15) is 0 Å². The number of pyridine rings is 1. The van der Waals surface area contributed by atoms with Crippen LogP contribution in [0.25, 0.3) is 0 Å². The molecule has 0 aliphatic heterocycles. The topological polar surface area (TPSA) is 42.4 Å². The number of rotatable bonds is 3. The van der Waals surface area contributed by atoms with E-state index in [1.807, 2.05) is 19.9 Å². The lowest BCUT2D eigenvalue weighted by Gasteiger charge is -2.30. The second kappa shape index (κ2) is 4.07. The zero-order chi connectivity index (χ0) is 10.8. The standard InChI is InChI=1S/C11H17NO2/c1-8-5-6-12-7-10(8)11(3,13)9(2)14-4/h5-7,9,13H,1-4H3. The average molecular weight is 195 g/mol. The average Bonchev–Trinajstić information content (AvgIpc) is 2.17. The molecule has 1 aromatic heterocycles. The fourth-order valence-corrected chi connectivity index (χ4v) is 1.44. The number of ether oxygens (including phenoxy) is 1. The molecule has 2 unspecified atom stereocenters. The third kappa shape index (κ3) is 1.94. The van der Waals surface area contributed by atoms with Gasteiger partial charge in [-0.05, 0) is 32.4 Å². The highest BCUT2D eigenvalue weighted by Crippen LogP contribution is 2.27. The molecule has 0 aromatic carbocycles. The Hall–Kier alpha value is -0.930. The van der Waals surface area contributed by atoms with E-state index in [4.69, 9.17) is 4.74 Å². The minimum Gasteiger partial charge on any atom is -0.383 e. The molecule has 0 radical (unpaired) electrons. The van der Waals surface area contributed by atoms with Gasteiger partial charge in [-0.15, -0.1) is 0 Å². The smallest absolute Gasteiger partial charge is 0.114 e. The first-order valence-corrected chi connectivity index (χ1v) is 4.66. The Balaban J connectivity index is 3.09. The summed E-state index contributed by atoms with van der Waals surface area (Å²) in [6.45, 7) is 5.53. The highest BCUT2D eigenvalue weighted by Gasteiger charge is 2.31. The Morgan fingerprint density at radius 2 is 2.21 bits per heavy atom. The Morgan fingerprint density at radius 3 is 2.71 bits per heavy atom. The predicted octanol–water partition coefficient (Wildman–Crippen LogP) is 1.63. The van der Waals surface area contributed by atoms with Gasteiger partial charge in [0.25, 0.3) is 0 Å². The van der Waals surface area contributed by atoms with Crippen molar-refractivity contribution in [1.29, 1.82) is 0 Å². The van der Waals surface area contributed by atoms with Crippen molar-refractivity contribution in [3.05, 3.63) is 29.6 Å². The van der Waals surface area contributed by atoms with Crippen LogP contribution in [-0.4, -0.2) is 23.3 Å². The molecule has 1 rings (SSSR count). The molecule has 1 heterocycles. The Labute approximate surface area is 84.7 Å². The molecule has 1 N–H and O–H groups in total. The van der Waals surface area contributed by atoms with E-state index in [1.54, 1.807) is 26.4 Å².